The minimum atomic E-state index is -0.535. The third kappa shape index (κ3) is 5.73. The fourth-order valence-corrected chi connectivity index (χ4v) is 2.98. The quantitative estimate of drug-likeness (QED) is 0.377. The van der Waals surface area contributed by atoms with Gasteiger partial charge in [0.25, 0.3) is 5.91 Å². The first-order valence-electron chi connectivity index (χ1n) is 10.1. The maximum Gasteiger partial charge on any atom is 0.266 e. The first-order chi connectivity index (χ1) is 15.5. The van der Waals surface area contributed by atoms with E-state index in [0.29, 0.717) is 28.3 Å². The van der Waals surface area contributed by atoms with Gasteiger partial charge in [0, 0.05) is 22.9 Å². The van der Waals surface area contributed by atoms with Crippen LogP contribution in [0.4, 0.5) is 10.1 Å². The lowest BCUT2D eigenvalue weighted by Crippen LogP contribution is -2.13. The molecule has 0 unspecified atom stereocenters. The number of benzene rings is 3. The molecule has 0 aliphatic carbocycles. The molecule has 0 heterocycles. The molecule has 0 radical (unpaired) electrons. The summed E-state index contributed by atoms with van der Waals surface area (Å²) in [5, 5.41) is 12.3. The van der Waals surface area contributed by atoms with E-state index in [-0.39, 0.29) is 18.0 Å². The molecule has 0 fully saturated rings. The lowest BCUT2D eigenvalue weighted by molar-refractivity contribution is -0.112. The number of hydrogen-bond acceptors (Lipinski definition) is 4. The number of anilines is 1. The van der Waals surface area contributed by atoms with Gasteiger partial charge in [-0.05, 0) is 48.4 Å². The molecular weight excluding hydrogens is 407 g/mol. The second kappa shape index (κ2) is 10.8. The van der Waals surface area contributed by atoms with E-state index in [1.54, 1.807) is 48.5 Å². The maximum atomic E-state index is 14.0. The number of nitrogens with one attached hydrogen (secondary N) is 1. The summed E-state index contributed by atoms with van der Waals surface area (Å²) in [6.45, 7) is 2.03. The Morgan fingerprint density at radius 3 is 2.53 bits per heavy atom. The van der Waals surface area contributed by atoms with Crippen LogP contribution in [0.3, 0.4) is 0 Å². The van der Waals surface area contributed by atoms with Gasteiger partial charge < -0.3 is 14.8 Å². The first kappa shape index (κ1) is 22.6. The Morgan fingerprint density at radius 2 is 1.88 bits per heavy atom. The van der Waals surface area contributed by atoms with E-state index in [1.807, 2.05) is 25.1 Å². The van der Waals surface area contributed by atoms with Crippen molar-refractivity contribution in [3.05, 3.63) is 94.8 Å². The summed E-state index contributed by atoms with van der Waals surface area (Å²) in [4.78, 5) is 12.6. The number of nitriles is 1. The Balaban J connectivity index is 1.84. The second-order valence-corrected chi connectivity index (χ2v) is 6.96. The van der Waals surface area contributed by atoms with Gasteiger partial charge in [0.05, 0.1) is 7.11 Å². The SMILES string of the molecule is CCc1ccc(NC(=O)/C(C#N)=C/c2ccc(OC)cc2OCc2ccccc2F)cc1. The summed E-state index contributed by atoms with van der Waals surface area (Å²) in [5.74, 6) is -0.0172. The number of carbonyl (C=O) groups is 1. The normalized spacial score (nSPS) is 10.9. The number of hydrogen-bond donors (Lipinski definition) is 1. The monoisotopic (exact) mass is 430 g/mol. The van der Waals surface area contributed by atoms with Gasteiger partial charge >= 0.3 is 0 Å². The summed E-state index contributed by atoms with van der Waals surface area (Å²) in [7, 11) is 1.52. The van der Waals surface area contributed by atoms with Gasteiger partial charge in [-0.3, -0.25) is 4.79 Å². The third-order valence-electron chi connectivity index (χ3n) is 4.85. The average molecular weight is 430 g/mol. The van der Waals surface area contributed by atoms with E-state index in [1.165, 1.54) is 19.3 Å². The van der Waals surface area contributed by atoms with Crippen LogP contribution >= 0.6 is 0 Å². The van der Waals surface area contributed by atoms with E-state index in [2.05, 4.69) is 5.32 Å². The van der Waals surface area contributed by atoms with Gasteiger partial charge in [0.1, 0.15) is 35.6 Å². The number of ether oxygens (including phenoxy) is 2. The van der Waals surface area contributed by atoms with Crippen LogP contribution in [0.25, 0.3) is 6.08 Å². The van der Waals surface area contributed by atoms with Crippen LogP contribution in [0, 0.1) is 17.1 Å². The van der Waals surface area contributed by atoms with Gasteiger partial charge in [0.15, 0.2) is 0 Å². The Morgan fingerprint density at radius 1 is 1.12 bits per heavy atom. The number of halogens is 1. The van der Waals surface area contributed by atoms with Crippen molar-refractivity contribution in [2.24, 2.45) is 0 Å². The molecule has 32 heavy (non-hydrogen) atoms. The predicted molar refractivity (Wildman–Crippen MR) is 122 cm³/mol. The smallest absolute Gasteiger partial charge is 0.266 e. The van der Waals surface area contributed by atoms with Crippen molar-refractivity contribution < 1.29 is 18.7 Å². The molecule has 3 aromatic rings. The van der Waals surface area contributed by atoms with Crippen LogP contribution in [0.2, 0.25) is 0 Å². The highest BCUT2D eigenvalue weighted by Gasteiger charge is 2.13. The molecule has 0 saturated heterocycles. The van der Waals surface area contributed by atoms with Gasteiger partial charge in [0.2, 0.25) is 0 Å². The zero-order chi connectivity index (χ0) is 22.9. The molecule has 6 heteroatoms. The Hall–Kier alpha value is -4.11. The van der Waals surface area contributed by atoms with Crippen LogP contribution in [0.15, 0.2) is 72.3 Å². The van der Waals surface area contributed by atoms with Crippen molar-refractivity contribution in [3.63, 3.8) is 0 Å². The highest BCUT2D eigenvalue weighted by atomic mass is 19.1. The molecule has 3 aromatic carbocycles. The molecule has 0 spiro atoms. The van der Waals surface area contributed by atoms with E-state index in [9.17, 15) is 14.4 Å². The lowest BCUT2D eigenvalue weighted by atomic mass is 10.1. The summed E-state index contributed by atoms with van der Waals surface area (Å²) < 4.78 is 25.0. The third-order valence-corrected chi connectivity index (χ3v) is 4.85. The summed E-state index contributed by atoms with van der Waals surface area (Å²) in [6.07, 6.45) is 2.33. The second-order valence-electron chi connectivity index (χ2n) is 6.96. The Labute approximate surface area is 186 Å². The Kier molecular flexibility index (Phi) is 7.60. The average Bonchev–Trinajstić information content (AvgIpc) is 2.82. The summed E-state index contributed by atoms with van der Waals surface area (Å²) in [5.41, 5.74) is 2.53. The van der Waals surface area contributed by atoms with Crippen molar-refractivity contribution in [1.29, 1.82) is 5.26 Å². The molecule has 0 bridgehead atoms. The number of aryl methyl sites for hydroxylation is 1. The van der Waals surface area contributed by atoms with Crippen molar-refractivity contribution in [3.8, 4) is 17.6 Å². The molecule has 0 aliphatic heterocycles. The van der Waals surface area contributed by atoms with Crippen LogP contribution < -0.4 is 14.8 Å². The lowest BCUT2D eigenvalue weighted by Gasteiger charge is -2.12. The molecule has 1 amide bonds. The van der Waals surface area contributed by atoms with Crippen LogP contribution in [-0.4, -0.2) is 13.0 Å². The Bertz CT molecular complexity index is 1160. The fourth-order valence-electron chi connectivity index (χ4n) is 2.98. The van der Waals surface area contributed by atoms with Crippen LogP contribution in [0.5, 0.6) is 11.5 Å². The van der Waals surface area contributed by atoms with Crippen LogP contribution in [0.1, 0.15) is 23.6 Å². The maximum absolute atomic E-state index is 14.0. The largest absolute Gasteiger partial charge is 0.497 e. The van der Waals surface area contributed by atoms with Crippen molar-refractivity contribution in [2.75, 3.05) is 12.4 Å². The minimum Gasteiger partial charge on any atom is -0.497 e. The van der Waals surface area contributed by atoms with Gasteiger partial charge in [-0.1, -0.05) is 37.3 Å². The standard InChI is InChI=1S/C26H23FN2O3/c1-3-18-8-11-22(12-9-18)29-26(30)21(16-28)14-19-10-13-23(31-2)15-25(19)32-17-20-6-4-5-7-24(20)27/h4-15H,3,17H2,1-2H3,(H,29,30)/b21-14+. The zero-order valence-electron chi connectivity index (χ0n) is 17.9. The van der Waals surface area contributed by atoms with Crippen molar-refractivity contribution in [1.82, 2.24) is 0 Å². The number of rotatable bonds is 8. The zero-order valence-corrected chi connectivity index (χ0v) is 17.9. The summed E-state index contributed by atoms with van der Waals surface area (Å²) >= 11 is 0. The van der Waals surface area contributed by atoms with Crippen LogP contribution in [-0.2, 0) is 17.8 Å². The fraction of sp³-hybridized carbons (Fsp3) is 0.154. The molecule has 5 nitrogen and oxygen atoms in total. The molecule has 0 atom stereocenters. The topological polar surface area (TPSA) is 71.4 Å². The minimum absolute atomic E-state index is 0.0153. The molecule has 162 valence electrons. The molecule has 1 N–H and O–H groups in total. The number of methoxy groups -OCH3 is 1. The highest BCUT2D eigenvalue weighted by Crippen LogP contribution is 2.28. The van der Waals surface area contributed by atoms with E-state index >= 15 is 0 Å². The number of amides is 1. The van der Waals surface area contributed by atoms with Gasteiger partial charge in [-0.2, -0.15) is 5.26 Å². The highest BCUT2D eigenvalue weighted by molar-refractivity contribution is 6.09. The van der Waals surface area contributed by atoms with Gasteiger partial charge in [-0.25, -0.2) is 4.39 Å². The van der Waals surface area contributed by atoms with E-state index in [4.69, 9.17) is 9.47 Å². The van der Waals surface area contributed by atoms with Crippen molar-refractivity contribution >= 4 is 17.7 Å². The number of carbonyl (C=O) groups excluding carboxylic acids is 1. The van der Waals surface area contributed by atoms with E-state index in [0.717, 1.165) is 12.0 Å². The molecule has 3 rings (SSSR count). The molecule has 0 aromatic heterocycles. The summed E-state index contributed by atoms with van der Waals surface area (Å²) in [6, 6.07) is 20.7. The molecule has 0 saturated carbocycles. The predicted octanol–water partition coefficient (Wildman–Crippen LogP) is 5.52. The molecular formula is C26H23FN2O3. The number of nitrogens with zero attached hydrogens (tertiary/aromatic N) is 1. The van der Waals surface area contributed by atoms with Gasteiger partial charge in [-0.15, -0.1) is 0 Å². The first-order valence-corrected chi connectivity index (χ1v) is 10.1. The van der Waals surface area contributed by atoms with E-state index < -0.39 is 5.91 Å². The molecule has 0 aliphatic rings. The van der Waals surface area contributed by atoms with Crippen molar-refractivity contribution in [2.45, 2.75) is 20.0 Å².